The Kier molecular flexibility index (Phi) is 9.00. The molecular formula is C34H32F2N4O. The maximum absolute atomic E-state index is 13.8. The molecule has 1 fully saturated rings. The number of carbonyl (C=O) groups is 1. The van der Waals surface area contributed by atoms with Gasteiger partial charge in [-0.25, -0.2) is 23.5 Å². The van der Waals surface area contributed by atoms with Crippen molar-refractivity contribution in [3.63, 3.8) is 0 Å². The number of urea groups is 1. The Balaban J connectivity index is 1.22. The van der Waals surface area contributed by atoms with Crippen LogP contribution in [-0.2, 0) is 0 Å². The van der Waals surface area contributed by atoms with Gasteiger partial charge in [-0.3, -0.25) is 0 Å². The number of piperidine rings is 1. The first kappa shape index (κ1) is 28.0. The second-order valence-corrected chi connectivity index (χ2v) is 10.5. The van der Waals surface area contributed by atoms with Crippen LogP contribution in [0.3, 0.4) is 0 Å². The van der Waals surface area contributed by atoms with Crippen LogP contribution in [0.4, 0.5) is 25.1 Å². The highest BCUT2D eigenvalue weighted by Gasteiger charge is 2.30. The number of halogens is 2. The number of aromatic nitrogens is 1. The largest absolute Gasteiger partial charge is 0.330 e. The zero-order chi connectivity index (χ0) is 28.6. The fourth-order valence-corrected chi connectivity index (χ4v) is 5.64. The second kappa shape index (κ2) is 13.2. The summed E-state index contributed by atoms with van der Waals surface area (Å²) in [5.74, 6) is 0.332. The van der Waals surface area contributed by atoms with E-state index in [0.717, 1.165) is 43.2 Å². The fraction of sp³-hybridized carbons (Fsp3) is 0.265. The molecule has 1 saturated heterocycles. The molecular weight excluding hydrogens is 518 g/mol. The molecule has 0 saturated carbocycles. The van der Waals surface area contributed by atoms with Crippen molar-refractivity contribution in [1.29, 1.82) is 5.26 Å². The number of anilines is 2. The lowest BCUT2D eigenvalue weighted by Gasteiger charge is -2.35. The summed E-state index contributed by atoms with van der Waals surface area (Å²) in [6.07, 6.45) is 6.22. The molecule has 2 amide bonds. The van der Waals surface area contributed by atoms with Gasteiger partial charge in [0.25, 0.3) is 0 Å². The average molecular weight is 551 g/mol. The standard InChI is InChI=1S/C34H32F2N4O/c35-29-15-11-26(12-16-29)32(27-13-17-30(36)18-14-27)10-4-6-25-19-22-39(23-20-25)34(41)40(31-8-2-1-3-9-31)33-28(24-37)7-5-21-38-33/h1-3,5,7-9,11-18,21,25,32H,4,6,10,19-20,22-23H2. The maximum Gasteiger partial charge on any atom is 0.330 e. The van der Waals surface area contributed by atoms with Crippen LogP contribution in [0.25, 0.3) is 0 Å². The molecule has 208 valence electrons. The molecule has 0 spiro atoms. The first-order valence-corrected chi connectivity index (χ1v) is 14.0. The first-order chi connectivity index (χ1) is 20.0. The number of amides is 2. The molecule has 41 heavy (non-hydrogen) atoms. The lowest BCUT2D eigenvalue weighted by atomic mass is 9.84. The van der Waals surface area contributed by atoms with Crippen molar-refractivity contribution in [3.05, 3.63) is 126 Å². The van der Waals surface area contributed by atoms with E-state index in [2.05, 4.69) is 11.1 Å². The number of carbonyl (C=O) groups excluding carboxylic acids is 1. The van der Waals surface area contributed by atoms with Crippen molar-refractivity contribution >= 4 is 17.5 Å². The molecule has 5 rings (SSSR count). The lowest BCUT2D eigenvalue weighted by Crippen LogP contribution is -2.45. The summed E-state index contributed by atoms with van der Waals surface area (Å²) in [4.78, 5) is 21.6. The number of rotatable bonds is 8. The van der Waals surface area contributed by atoms with E-state index in [1.54, 1.807) is 18.3 Å². The number of hydrogen-bond acceptors (Lipinski definition) is 3. The molecule has 0 aliphatic carbocycles. The Morgan fingerprint density at radius 1 is 0.902 bits per heavy atom. The molecule has 1 aromatic heterocycles. The van der Waals surface area contributed by atoms with Crippen molar-refractivity contribution < 1.29 is 13.6 Å². The molecule has 7 heteroatoms. The molecule has 0 radical (unpaired) electrons. The molecule has 1 aliphatic heterocycles. The average Bonchev–Trinajstić information content (AvgIpc) is 3.02. The van der Waals surface area contributed by atoms with Crippen molar-refractivity contribution in [2.24, 2.45) is 5.92 Å². The molecule has 1 aliphatic rings. The fourth-order valence-electron chi connectivity index (χ4n) is 5.64. The zero-order valence-electron chi connectivity index (χ0n) is 22.8. The molecule has 0 bridgehead atoms. The second-order valence-electron chi connectivity index (χ2n) is 10.5. The molecule has 2 heterocycles. The molecule has 5 nitrogen and oxygen atoms in total. The van der Waals surface area contributed by atoms with E-state index < -0.39 is 0 Å². The summed E-state index contributed by atoms with van der Waals surface area (Å²) in [6, 6.07) is 27.8. The minimum absolute atomic E-state index is 0.0602. The van der Waals surface area contributed by atoms with Gasteiger partial charge >= 0.3 is 6.03 Å². The highest BCUT2D eigenvalue weighted by molar-refractivity contribution is 5.99. The van der Waals surface area contributed by atoms with Crippen molar-refractivity contribution in [3.8, 4) is 6.07 Å². The monoisotopic (exact) mass is 550 g/mol. The molecule has 3 aromatic carbocycles. The van der Waals surface area contributed by atoms with Gasteiger partial charge < -0.3 is 4.90 Å². The van der Waals surface area contributed by atoms with Gasteiger partial charge in [-0.2, -0.15) is 5.26 Å². The Bertz CT molecular complexity index is 1430. The Morgan fingerprint density at radius 3 is 2.10 bits per heavy atom. The molecule has 0 atom stereocenters. The topological polar surface area (TPSA) is 60.2 Å². The summed E-state index contributed by atoms with van der Waals surface area (Å²) < 4.78 is 27.1. The normalized spacial score (nSPS) is 13.7. The van der Waals surface area contributed by atoms with Gasteiger partial charge in [0.05, 0.1) is 11.3 Å². The Labute approximate surface area is 239 Å². The van der Waals surface area contributed by atoms with Gasteiger partial charge in [0.1, 0.15) is 17.7 Å². The number of nitrogens with zero attached hydrogens (tertiary/aromatic N) is 4. The summed E-state index contributed by atoms with van der Waals surface area (Å²) >= 11 is 0. The lowest BCUT2D eigenvalue weighted by molar-refractivity contribution is 0.175. The van der Waals surface area contributed by atoms with E-state index in [1.807, 2.05) is 59.5 Å². The summed E-state index contributed by atoms with van der Waals surface area (Å²) in [6.45, 7) is 1.25. The van der Waals surface area contributed by atoms with Gasteiger partial charge in [0.15, 0.2) is 5.82 Å². The van der Waals surface area contributed by atoms with E-state index in [0.29, 0.717) is 36.1 Å². The van der Waals surface area contributed by atoms with Crippen LogP contribution in [0.5, 0.6) is 0 Å². The minimum atomic E-state index is -0.273. The summed E-state index contributed by atoms with van der Waals surface area (Å²) in [7, 11) is 0. The number of benzene rings is 3. The maximum atomic E-state index is 13.8. The third kappa shape index (κ3) is 6.78. The number of likely N-dealkylation sites (tertiary alicyclic amines) is 1. The molecule has 0 unspecified atom stereocenters. The zero-order valence-corrected chi connectivity index (χ0v) is 22.8. The predicted molar refractivity (Wildman–Crippen MR) is 156 cm³/mol. The van der Waals surface area contributed by atoms with E-state index in [4.69, 9.17) is 0 Å². The molecule has 0 N–H and O–H groups in total. The third-order valence-electron chi connectivity index (χ3n) is 7.86. The summed E-state index contributed by atoms with van der Waals surface area (Å²) in [5, 5.41) is 9.66. The van der Waals surface area contributed by atoms with E-state index in [9.17, 15) is 18.8 Å². The first-order valence-electron chi connectivity index (χ1n) is 14.0. The number of nitriles is 1. The number of hydrogen-bond donors (Lipinski definition) is 0. The van der Waals surface area contributed by atoms with Gasteiger partial charge in [0, 0.05) is 25.2 Å². The minimum Gasteiger partial charge on any atom is -0.324 e. The van der Waals surface area contributed by atoms with Crippen LogP contribution in [0, 0.1) is 28.9 Å². The number of pyridine rings is 1. The molecule has 4 aromatic rings. The van der Waals surface area contributed by atoms with Crippen LogP contribution < -0.4 is 4.90 Å². The van der Waals surface area contributed by atoms with E-state index in [-0.39, 0.29) is 23.6 Å². The Morgan fingerprint density at radius 2 is 1.51 bits per heavy atom. The van der Waals surface area contributed by atoms with Crippen LogP contribution in [0.2, 0.25) is 0 Å². The van der Waals surface area contributed by atoms with Gasteiger partial charge in [-0.05, 0) is 84.8 Å². The van der Waals surface area contributed by atoms with Crippen molar-refractivity contribution in [2.75, 3.05) is 18.0 Å². The van der Waals surface area contributed by atoms with Crippen molar-refractivity contribution in [2.45, 2.75) is 38.0 Å². The smallest absolute Gasteiger partial charge is 0.324 e. The third-order valence-corrected chi connectivity index (χ3v) is 7.86. The summed E-state index contributed by atoms with van der Waals surface area (Å²) in [5.41, 5.74) is 3.05. The van der Waals surface area contributed by atoms with Gasteiger partial charge in [0.2, 0.25) is 0 Å². The Hall–Kier alpha value is -4.57. The van der Waals surface area contributed by atoms with Crippen LogP contribution >= 0.6 is 0 Å². The highest BCUT2D eigenvalue weighted by atomic mass is 19.1. The van der Waals surface area contributed by atoms with E-state index in [1.165, 1.54) is 29.2 Å². The quantitative estimate of drug-likeness (QED) is 0.222. The van der Waals surface area contributed by atoms with Crippen LogP contribution in [0.15, 0.2) is 97.2 Å². The van der Waals surface area contributed by atoms with Crippen LogP contribution in [-0.4, -0.2) is 29.0 Å². The van der Waals surface area contributed by atoms with Gasteiger partial charge in [-0.15, -0.1) is 0 Å². The predicted octanol–water partition coefficient (Wildman–Crippen LogP) is 8.20. The van der Waals surface area contributed by atoms with Gasteiger partial charge in [-0.1, -0.05) is 55.3 Å². The van der Waals surface area contributed by atoms with E-state index >= 15 is 0 Å². The van der Waals surface area contributed by atoms with Crippen LogP contribution in [0.1, 0.15) is 54.7 Å². The highest BCUT2D eigenvalue weighted by Crippen LogP contribution is 2.33. The SMILES string of the molecule is N#Cc1cccnc1N(C(=O)N1CCC(CCCC(c2ccc(F)cc2)c2ccc(F)cc2)CC1)c1ccccc1. The van der Waals surface area contributed by atoms with Crippen molar-refractivity contribution in [1.82, 2.24) is 9.88 Å². The number of para-hydroxylation sites is 1.